The van der Waals surface area contributed by atoms with E-state index in [4.69, 9.17) is 5.73 Å². The number of nitrogens with two attached hydrogens (primary N) is 1. The van der Waals surface area contributed by atoms with Crippen LogP contribution >= 0.6 is 0 Å². The molecular weight excluding hydrogens is 294 g/mol. The lowest BCUT2D eigenvalue weighted by molar-refractivity contribution is -0.385. The number of benzene rings is 1. The van der Waals surface area contributed by atoms with Crippen molar-refractivity contribution < 1.29 is 13.3 Å². The molecular formula is C13H21N3O4S. The number of nitro benzene ring substituents is 1. The first-order valence-corrected chi connectivity index (χ1v) is 8.12. The Balaban J connectivity index is 2.88. The van der Waals surface area contributed by atoms with Crippen LogP contribution in [0.3, 0.4) is 0 Å². The molecule has 3 N–H and O–H groups in total. The van der Waals surface area contributed by atoms with Crippen molar-refractivity contribution in [1.82, 2.24) is 4.72 Å². The van der Waals surface area contributed by atoms with Crippen molar-refractivity contribution in [2.45, 2.75) is 38.1 Å². The molecule has 1 rings (SSSR count). The largest absolute Gasteiger partial charge is 0.327 e. The Hall–Kier alpha value is -1.51. The van der Waals surface area contributed by atoms with Crippen LogP contribution in [0, 0.1) is 23.0 Å². The van der Waals surface area contributed by atoms with E-state index < -0.39 is 14.9 Å². The number of rotatable bonds is 7. The lowest BCUT2D eigenvalue weighted by atomic mass is 10.1. The van der Waals surface area contributed by atoms with Gasteiger partial charge in [0.05, 0.1) is 9.82 Å². The van der Waals surface area contributed by atoms with Gasteiger partial charge in [0.15, 0.2) is 0 Å². The zero-order valence-electron chi connectivity index (χ0n) is 12.4. The fourth-order valence-corrected chi connectivity index (χ4v) is 3.06. The maximum atomic E-state index is 12.1. The average molecular weight is 315 g/mol. The predicted molar refractivity (Wildman–Crippen MR) is 80.5 cm³/mol. The lowest BCUT2D eigenvalue weighted by Gasteiger charge is -2.15. The van der Waals surface area contributed by atoms with Gasteiger partial charge in [0.1, 0.15) is 0 Å². The van der Waals surface area contributed by atoms with Crippen LogP contribution in [0.5, 0.6) is 0 Å². The van der Waals surface area contributed by atoms with Crippen LogP contribution < -0.4 is 10.5 Å². The van der Waals surface area contributed by atoms with E-state index in [2.05, 4.69) is 4.72 Å². The third-order valence-corrected chi connectivity index (χ3v) is 4.42. The molecule has 118 valence electrons. The van der Waals surface area contributed by atoms with Gasteiger partial charge in [-0.3, -0.25) is 10.1 Å². The number of hydrogen-bond acceptors (Lipinski definition) is 5. The second kappa shape index (κ2) is 6.97. The third-order valence-electron chi connectivity index (χ3n) is 3.00. The highest BCUT2D eigenvalue weighted by Gasteiger charge is 2.20. The highest BCUT2D eigenvalue weighted by molar-refractivity contribution is 7.89. The van der Waals surface area contributed by atoms with Crippen LogP contribution in [0.25, 0.3) is 0 Å². The highest BCUT2D eigenvalue weighted by atomic mass is 32.2. The SMILES string of the molecule is Cc1ccc(S(=O)(=O)NCC(N)CC(C)C)cc1[N+](=O)[O-]. The van der Waals surface area contributed by atoms with Crippen LogP contribution in [0.1, 0.15) is 25.8 Å². The Morgan fingerprint density at radius 3 is 2.52 bits per heavy atom. The lowest BCUT2D eigenvalue weighted by Crippen LogP contribution is -2.38. The molecule has 21 heavy (non-hydrogen) atoms. The van der Waals surface area contributed by atoms with E-state index in [1.807, 2.05) is 13.8 Å². The molecule has 0 spiro atoms. The Morgan fingerprint density at radius 2 is 2.00 bits per heavy atom. The number of nitro groups is 1. The molecule has 0 fully saturated rings. The van der Waals surface area contributed by atoms with E-state index >= 15 is 0 Å². The quantitative estimate of drug-likeness (QED) is 0.585. The summed E-state index contributed by atoms with van der Waals surface area (Å²) in [6.45, 7) is 5.65. The summed E-state index contributed by atoms with van der Waals surface area (Å²) in [5.41, 5.74) is 6.02. The van der Waals surface area contributed by atoms with Gasteiger partial charge in [-0.15, -0.1) is 0 Å². The molecule has 0 amide bonds. The molecule has 0 radical (unpaired) electrons. The summed E-state index contributed by atoms with van der Waals surface area (Å²) >= 11 is 0. The second-order valence-corrected chi connectivity index (χ2v) is 7.21. The summed E-state index contributed by atoms with van der Waals surface area (Å²) in [6.07, 6.45) is 0.691. The molecule has 1 atom stereocenters. The summed E-state index contributed by atoms with van der Waals surface area (Å²) < 4.78 is 26.6. The summed E-state index contributed by atoms with van der Waals surface area (Å²) in [5, 5.41) is 10.9. The first-order chi connectivity index (χ1) is 9.63. The first kappa shape index (κ1) is 17.5. The van der Waals surface area contributed by atoms with E-state index in [-0.39, 0.29) is 23.2 Å². The van der Waals surface area contributed by atoms with Crippen molar-refractivity contribution in [3.63, 3.8) is 0 Å². The van der Waals surface area contributed by atoms with Gasteiger partial charge in [0.2, 0.25) is 10.0 Å². The zero-order valence-corrected chi connectivity index (χ0v) is 13.2. The molecule has 1 unspecified atom stereocenters. The number of nitrogens with one attached hydrogen (secondary N) is 1. The minimum atomic E-state index is -3.80. The summed E-state index contributed by atoms with van der Waals surface area (Å²) in [6, 6.07) is 3.53. The average Bonchev–Trinajstić information content (AvgIpc) is 2.35. The van der Waals surface area contributed by atoms with Gasteiger partial charge >= 0.3 is 0 Å². The van der Waals surface area contributed by atoms with Gasteiger partial charge in [-0.05, 0) is 25.3 Å². The number of aryl methyl sites for hydroxylation is 1. The first-order valence-electron chi connectivity index (χ1n) is 6.63. The van der Waals surface area contributed by atoms with E-state index in [0.717, 1.165) is 6.07 Å². The standard InChI is InChI=1S/C13H21N3O4S/c1-9(2)6-11(14)8-15-21(19,20)12-5-4-10(3)13(7-12)16(17)18/h4-5,7,9,11,15H,6,8,14H2,1-3H3. The maximum absolute atomic E-state index is 12.1. The van der Waals surface area contributed by atoms with Crippen LogP contribution in [0.4, 0.5) is 5.69 Å². The van der Waals surface area contributed by atoms with Gasteiger partial charge in [-0.1, -0.05) is 19.9 Å². The van der Waals surface area contributed by atoms with Gasteiger partial charge in [-0.2, -0.15) is 0 Å². The number of sulfonamides is 1. The van der Waals surface area contributed by atoms with Crippen molar-refractivity contribution in [2.75, 3.05) is 6.54 Å². The van der Waals surface area contributed by atoms with E-state index in [1.54, 1.807) is 6.92 Å². The van der Waals surface area contributed by atoms with Crippen LogP contribution in [-0.4, -0.2) is 25.9 Å². The van der Waals surface area contributed by atoms with Crippen molar-refractivity contribution >= 4 is 15.7 Å². The third kappa shape index (κ3) is 5.07. The molecule has 0 saturated carbocycles. The molecule has 7 nitrogen and oxygen atoms in total. The molecule has 0 aliphatic rings. The molecule has 0 saturated heterocycles. The van der Waals surface area contributed by atoms with Crippen molar-refractivity contribution in [3.05, 3.63) is 33.9 Å². The zero-order chi connectivity index (χ0) is 16.2. The van der Waals surface area contributed by atoms with Crippen LogP contribution in [0.2, 0.25) is 0 Å². The fourth-order valence-electron chi connectivity index (χ4n) is 1.94. The molecule has 0 aromatic heterocycles. The molecule has 1 aromatic rings. The van der Waals surface area contributed by atoms with Crippen LogP contribution in [0.15, 0.2) is 23.1 Å². The van der Waals surface area contributed by atoms with Gasteiger partial charge in [0.25, 0.3) is 5.69 Å². The fraction of sp³-hybridized carbons (Fsp3) is 0.538. The van der Waals surface area contributed by atoms with Crippen LogP contribution in [-0.2, 0) is 10.0 Å². The highest BCUT2D eigenvalue weighted by Crippen LogP contribution is 2.22. The summed E-state index contributed by atoms with van der Waals surface area (Å²) in [7, 11) is -3.80. The van der Waals surface area contributed by atoms with Crippen molar-refractivity contribution in [1.29, 1.82) is 0 Å². The smallest absolute Gasteiger partial charge is 0.273 e. The topological polar surface area (TPSA) is 115 Å². The Labute approximate surface area is 124 Å². The molecule has 0 heterocycles. The Kier molecular flexibility index (Phi) is 5.82. The van der Waals surface area contributed by atoms with E-state index in [0.29, 0.717) is 17.9 Å². The normalized spacial score (nSPS) is 13.4. The van der Waals surface area contributed by atoms with Crippen molar-refractivity contribution in [2.24, 2.45) is 11.7 Å². The van der Waals surface area contributed by atoms with Gasteiger partial charge < -0.3 is 5.73 Å². The predicted octanol–water partition coefficient (Wildman–Crippen LogP) is 1.55. The molecule has 0 aliphatic carbocycles. The van der Waals surface area contributed by atoms with Crippen molar-refractivity contribution in [3.8, 4) is 0 Å². The van der Waals surface area contributed by atoms with Gasteiger partial charge in [0, 0.05) is 24.2 Å². The summed E-state index contributed by atoms with van der Waals surface area (Å²) in [4.78, 5) is 10.1. The second-order valence-electron chi connectivity index (χ2n) is 5.45. The number of nitrogens with zero attached hydrogens (tertiary/aromatic N) is 1. The number of hydrogen-bond donors (Lipinski definition) is 2. The Morgan fingerprint density at radius 1 is 1.38 bits per heavy atom. The van der Waals surface area contributed by atoms with E-state index in [1.165, 1.54) is 12.1 Å². The molecule has 0 bridgehead atoms. The molecule has 8 heteroatoms. The minimum Gasteiger partial charge on any atom is -0.327 e. The Bertz CT molecular complexity index is 614. The molecule has 1 aromatic carbocycles. The minimum absolute atomic E-state index is 0.0994. The summed E-state index contributed by atoms with van der Waals surface area (Å²) in [5.74, 6) is 0.366. The maximum Gasteiger partial charge on any atom is 0.273 e. The monoisotopic (exact) mass is 315 g/mol. The molecule has 0 aliphatic heterocycles. The van der Waals surface area contributed by atoms with E-state index in [9.17, 15) is 18.5 Å². The van der Waals surface area contributed by atoms with Gasteiger partial charge in [-0.25, -0.2) is 13.1 Å².